The number of aryl methyl sites for hydroxylation is 2. The highest BCUT2D eigenvalue weighted by Crippen LogP contribution is 2.21. The Kier molecular flexibility index (Phi) is 5.18. The topological polar surface area (TPSA) is 101 Å². The zero-order valence-electron chi connectivity index (χ0n) is 14.8. The van der Waals surface area contributed by atoms with Crippen LogP contribution >= 0.6 is 0 Å². The molecule has 2 aromatic carbocycles. The van der Waals surface area contributed by atoms with Crippen LogP contribution in [0, 0.1) is 13.8 Å². The maximum Gasteiger partial charge on any atom is 0.262 e. The highest BCUT2D eigenvalue weighted by molar-refractivity contribution is 7.92. The van der Waals surface area contributed by atoms with Gasteiger partial charge in [0.25, 0.3) is 15.9 Å². The van der Waals surface area contributed by atoms with Crippen molar-refractivity contribution in [3.8, 4) is 0 Å². The summed E-state index contributed by atoms with van der Waals surface area (Å²) in [5.74, 6) is -0.349. The van der Waals surface area contributed by atoms with Gasteiger partial charge in [-0.1, -0.05) is 23.8 Å². The van der Waals surface area contributed by atoms with E-state index in [2.05, 4.69) is 20.0 Å². The van der Waals surface area contributed by atoms with E-state index in [1.165, 1.54) is 18.5 Å². The van der Waals surface area contributed by atoms with Crippen LogP contribution in [0.5, 0.6) is 0 Å². The number of carbonyl (C=O) groups is 1. The van der Waals surface area contributed by atoms with Crippen molar-refractivity contribution in [1.29, 1.82) is 0 Å². The highest BCUT2D eigenvalue weighted by atomic mass is 32.2. The molecule has 0 bridgehead atoms. The van der Waals surface area contributed by atoms with Crippen molar-refractivity contribution in [3.63, 3.8) is 0 Å². The minimum atomic E-state index is -3.85. The van der Waals surface area contributed by atoms with Crippen LogP contribution in [0.2, 0.25) is 0 Å². The number of amides is 1. The largest absolute Gasteiger partial charge is 0.290 e. The molecule has 0 spiro atoms. The summed E-state index contributed by atoms with van der Waals surface area (Å²) < 4.78 is 28.1. The second kappa shape index (κ2) is 7.55. The molecule has 0 aliphatic heterocycles. The number of nitrogens with zero attached hydrogens (tertiary/aromatic N) is 2. The summed E-state index contributed by atoms with van der Waals surface area (Å²) in [7, 11) is -3.85. The monoisotopic (exact) mass is 382 g/mol. The summed E-state index contributed by atoms with van der Waals surface area (Å²) in [5.41, 5.74) is 2.20. The van der Waals surface area contributed by atoms with Crippen molar-refractivity contribution in [2.24, 2.45) is 0 Å². The molecule has 0 saturated carbocycles. The maximum absolute atomic E-state index is 12.8. The molecule has 0 radical (unpaired) electrons. The number of sulfonamides is 1. The molecular formula is C19H18N4O3S. The van der Waals surface area contributed by atoms with Gasteiger partial charge < -0.3 is 0 Å². The van der Waals surface area contributed by atoms with E-state index < -0.39 is 15.9 Å². The van der Waals surface area contributed by atoms with Gasteiger partial charge in [-0.25, -0.2) is 18.4 Å². The second-order valence-electron chi connectivity index (χ2n) is 5.98. The summed E-state index contributed by atoms with van der Waals surface area (Å²) in [6.45, 7) is 3.59. The number of anilines is 2. The first-order valence-electron chi connectivity index (χ1n) is 8.14. The van der Waals surface area contributed by atoms with E-state index in [1.54, 1.807) is 37.3 Å². The second-order valence-corrected chi connectivity index (χ2v) is 7.63. The van der Waals surface area contributed by atoms with Gasteiger partial charge in [-0.15, -0.1) is 0 Å². The van der Waals surface area contributed by atoms with Crippen molar-refractivity contribution >= 4 is 27.6 Å². The molecule has 0 aliphatic carbocycles. The number of aromatic nitrogens is 2. The fraction of sp³-hybridized carbons (Fsp3) is 0.105. The predicted octanol–water partition coefficient (Wildman–Crippen LogP) is 3.15. The molecule has 8 heteroatoms. The number of rotatable bonds is 5. The molecule has 0 aliphatic rings. The van der Waals surface area contributed by atoms with Gasteiger partial charge in [0.1, 0.15) is 0 Å². The van der Waals surface area contributed by atoms with Gasteiger partial charge in [0, 0.05) is 23.6 Å². The average Bonchev–Trinajstić information content (AvgIpc) is 2.64. The molecule has 1 aromatic heterocycles. The van der Waals surface area contributed by atoms with Crippen LogP contribution in [0.3, 0.4) is 0 Å². The van der Waals surface area contributed by atoms with Gasteiger partial charge in [-0.2, -0.15) is 0 Å². The summed E-state index contributed by atoms with van der Waals surface area (Å²) in [4.78, 5) is 20.3. The van der Waals surface area contributed by atoms with Gasteiger partial charge >= 0.3 is 0 Å². The van der Waals surface area contributed by atoms with Crippen LogP contribution in [-0.4, -0.2) is 24.3 Å². The minimum Gasteiger partial charge on any atom is -0.290 e. The van der Waals surface area contributed by atoms with Gasteiger partial charge in [-0.05, 0) is 49.7 Å². The first-order chi connectivity index (χ1) is 12.8. The van der Waals surface area contributed by atoms with E-state index >= 15 is 0 Å². The Balaban J connectivity index is 1.88. The van der Waals surface area contributed by atoms with E-state index in [1.807, 2.05) is 19.1 Å². The molecule has 0 fully saturated rings. The van der Waals surface area contributed by atoms with Crippen LogP contribution < -0.4 is 10.0 Å². The molecule has 1 amide bonds. The molecular weight excluding hydrogens is 364 g/mol. The zero-order chi connectivity index (χ0) is 19.4. The van der Waals surface area contributed by atoms with Crippen LogP contribution in [0.1, 0.15) is 21.5 Å². The molecule has 3 rings (SSSR count). The molecule has 2 N–H and O–H groups in total. The third-order valence-corrected chi connectivity index (χ3v) is 5.36. The fourth-order valence-corrected chi connectivity index (χ4v) is 3.73. The summed E-state index contributed by atoms with van der Waals surface area (Å²) >= 11 is 0. The van der Waals surface area contributed by atoms with Gasteiger partial charge in [0.15, 0.2) is 0 Å². The third-order valence-electron chi connectivity index (χ3n) is 3.83. The first-order valence-corrected chi connectivity index (χ1v) is 9.62. The van der Waals surface area contributed by atoms with Crippen molar-refractivity contribution < 1.29 is 13.2 Å². The van der Waals surface area contributed by atoms with Gasteiger partial charge in [-0.3, -0.25) is 14.8 Å². The van der Waals surface area contributed by atoms with Gasteiger partial charge in [0.2, 0.25) is 5.95 Å². The number of benzene rings is 2. The van der Waals surface area contributed by atoms with Crippen LogP contribution in [0.15, 0.2) is 65.8 Å². The van der Waals surface area contributed by atoms with E-state index in [0.717, 1.165) is 5.56 Å². The van der Waals surface area contributed by atoms with E-state index in [9.17, 15) is 13.2 Å². The Morgan fingerprint density at radius 2 is 1.63 bits per heavy atom. The lowest BCUT2D eigenvalue weighted by atomic mass is 10.1. The molecule has 3 aromatic rings. The van der Waals surface area contributed by atoms with Gasteiger partial charge in [0.05, 0.1) is 4.90 Å². The lowest BCUT2D eigenvalue weighted by molar-refractivity contribution is 0.102. The zero-order valence-corrected chi connectivity index (χ0v) is 15.6. The third kappa shape index (κ3) is 4.48. The molecule has 7 nitrogen and oxygen atoms in total. The summed E-state index contributed by atoms with van der Waals surface area (Å²) in [6.07, 6.45) is 3.00. The highest BCUT2D eigenvalue weighted by Gasteiger charge is 2.19. The molecule has 27 heavy (non-hydrogen) atoms. The van der Waals surface area contributed by atoms with Crippen LogP contribution in [0.4, 0.5) is 11.6 Å². The standard InChI is InChI=1S/C19H18N4O3S/c1-13-4-8-16(9-5-13)23-27(25,26)17-12-15(7-6-14(17)2)18(24)22-19-20-10-3-11-21-19/h3-12,23H,1-2H3,(H,20,21,22,24). The molecule has 0 saturated heterocycles. The minimum absolute atomic E-state index is 0.0321. The lowest BCUT2D eigenvalue weighted by Crippen LogP contribution is -2.17. The van der Waals surface area contributed by atoms with E-state index in [-0.39, 0.29) is 16.4 Å². The number of hydrogen-bond donors (Lipinski definition) is 2. The maximum atomic E-state index is 12.8. The molecule has 138 valence electrons. The average molecular weight is 382 g/mol. The molecule has 0 unspecified atom stereocenters. The Bertz CT molecular complexity index is 1070. The predicted molar refractivity (Wildman–Crippen MR) is 103 cm³/mol. The smallest absolute Gasteiger partial charge is 0.262 e. The molecule has 0 atom stereocenters. The Hall–Kier alpha value is -3.26. The first kappa shape index (κ1) is 18.5. The van der Waals surface area contributed by atoms with Crippen LogP contribution in [-0.2, 0) is 10.0 Å². The van der Waals surface area contributed by atoms with E-state index in [0.29, 0.717) is 11.3 Å². The molecule has 1 heterocycles. The Morgan fingerprint density at radius 3 is 2.30 bits per heavy atom. The SMILES string of the molecule is Cc1ccc(NS(=O)(=O)c2cc(C(=O)Nc3ncccn3)ccc2C)cc1. The quantitative estimate of drug-likeness (QED) is 0.706. The number of nitrogens with one attached hydrogen (secondary N) is 2. The van der Waals surface area contributed by atoms with Crippen molar-refractivity contribution in [2.45, 2.75) is 18.7 Å². The van der Waals surface area contributed by atoms with Crippen molar-refractivity contribution in [2.75, 3.05) is 10.0 Å². The lowest BCUT2D eigenvalue weighted by Gasteiger charge is -2.12. The number of hydrogen-bond acceptors (Lipinski definition) is 5. The normalized spacial score (nSPS) is 11.0. The summed E-state index contributed by atoms with van der Waals surface area (Å²) in [6, 6.07) is 13.1. The fourth-order valence-electron chi connectivity index (χ4n) is 2.40. The van der Waals surface area contributed by atoms with Crippen molar-refractivity contribution in [1.82, 2.24) is 9.97 Å². The Morgan fingerprint density at radius 1 is 0.963 bits per heavy atom. The van der Waals surface area contributed by atoms with E-state index in [4.69, 9.17) is 0 Å². The summed E-state index contributed by atoms with van der Waals surface area (Å²) in [5, 5.41) is 2.54. The van der Waals surface area contributed by atoms with Crippen molar-refractivity contribution in [3.05, 3.63) is 77.6 Å². The van der Waals surface area contributed by atoms with Crippen LogP contribution in [0.25, 0.3) is 0 Å². The Labute approximate surface area is 157 Å². The number of carbonyl (C=O) groups excluding carboxylic acids is 1.